The summed E-state index contributed by atoms with van der Waals surface area (Å²) in [5, 5.41) is 12.1. The zero-order chi connectivity index (χ0) is 24.2. The lowest BCUT2D eigenvalue weighted by atomic mass is 10.0. The first-order valence-electron chi connectivity index (χ1n) is 12.0. The van der Waals surface area contributed by atoms with Gasteiger partial charge in [-0.2, -0.15) is 0 Å². The van der Waals surface area contributed by atoms with E-state index in [0.717, 1.165) is 71.8 Å². The molecule has 1 amide bonds. The van der Waals surface area contributed by atoms with Crippen molar-refractivity contribution in [3.05, 3.63) is 77.1 Å². The highest BCUT2D eigenvalue weighted by Crippen LogP contribution is 2.37. The van der Waals surface area contributed by atoms with Gasteiger partial charge in [-0.05, 0) is 86.4 Å². The van der Waals surface area contributed by atoms with E-state index in [4.69, 9.17) is 5.73 Å². The van der Waals surface area contributed by atoms with Crippen molar-refractivity contribution in [3.8, 4) is 5.75 Å². The molecule has 4 rings (SSSR count). The number of phenols is 1. The number of benzene rings is 3. The lowest BCUT2D eigenvalue weighted by Gasteiger charge is -2.17. The number of aryl methyl sites for hydroxylation is 1. The second-order valence-electron chi connectivity index (χ2n) is 8.77. The number of hydrogen-bond donors (Lipinski definition) is 2. The highest BCUT2D eigenvalue weighted by molar-refractivity contribution is 6.18. The summed E-state index contributed by atoms with van der Waals surface area (Å²) in [6.45, 7) is 7.88. The summed E-state index contributed by atoms with van der Waals surface area (Å²) in [4.78, 5) is 14.7. The molecule has 0 spiro atoms. The lowest BCUT2D eigenvalue weighted by molar-refractivity contribution is 0.100. The van der Waals surface area contributed by atoms with Crippen LogP contribution in [0.3, 0.4) is 0 Å². The average Bonchev–Trinajstić information content (AvgIpc) is 3.12. The minimum atomic E-state index is -0.514. The topological polar surface area (TPSA) is 71.5 Å². The first kappa shape index (κ1) is 23.8. The zero-order valence-electron chi connectivity index (χ0n) is 19.9. The molecule has 0 aliphatic rings. The summed E-state index contributed by atoms with van der Waals surface area (Å²) in [5.74, 6) is -0.639. The number of fused-ring (bicyclic) bond motifs is 3. The van der Waals surface area contributed by atoms with Gasteiger partial charge in [0, 0.05) is 22.9 Å². The number of aromatic hydroxyl groups is 1. The Bertz CT molecular complexity index is 1320. The molecule has 178 valence electrons. The molecule has 5 nitrogen and oxygen atoms in total. The highest BCUT2D eigenvalue weighted by Gasteiger charge is 2.20. The Kier molecular flexibility index (Phi) is 7.17. The zero-order valence-corrected chi connectivity index (χ0v) is 19.9. The lowest BCUT2D eigenvalue weighted by Crippen LogP contribution is -2.23. The Hall–Kier alpha value is -3.38. The number of aromatic nitrogens is 1. The van der Waals surface area contributed by atoms with E-state index in [9.17, 15) is 14.3 Å². The van der Waals surface area contributed by atoms with E-state index in [1.807, 2.05) is 24.3 Å². The number of hydrogen-bond acceptors (Lipinski definition) is 3. The highest BCUT2D eigenvalue weighted by atomic mass is 19.1. The molecular formula is C28H32FN3O2. The van der Waals surface area contributed by atoms with Crippen molar-refractivity contribution in [1.29, 1.82) is 0 Å². The number of nitrogens with zero attached hydrogens (tertiary/aromatic N) is 2. The van der Waals surface area contributed by atoms with Crippen molar-refractivity contribution in [2.75, 3.05) is 19.6 Å². The summed E-state index contributed by atoms with van der Waals surface area (Å²) < 4.78 is 16.1. The monoisotopic (exact) mass is 461 g/mol. The van der Waals surface area contributed by atoms with Gasteiger partial charge < -0.3 is 20.3 Å². The maximum absolute atomic E-state index is 13.9. The number of unbranched alkanes of at least 4 members (excludes halogenated alkanes) is 1. The first-order valence-corrected chi connectivity index (χ1v) is 12.0. The van der Waals surface area contributed by atoms with Gasteiger partial charge >= 0.3 is 0 Å². The van der Waals surface area contributed by atoms with Crippen LogP contribution >= 0.6 is 0 Å². The standard InChI is InChI=1S/C28H32FN3O2/c1-3-31(4-2)14-6-5-10-20-16-22(33)17-24-26-23(28(30)34)12-8-13-25(26)32(27(20)24)18-19-9-7-11-21(29)15-19/h7-9,11-13,15-17,33H,3-6,10,14,18H2,1-2H3,(H2,30,34). The molecule has 0 aliphatic carbocycles. The number of carbonyl (C=O) groups is 1. The number of nitrogens with two attached hydrogens (primary N) is 1. The molecular weight excluding hydrogens is 429 g/mol. The van der Waals surface area contributed by atoms with Crippen LogP contribution < -0.4 is 5.73 Å². The first-order chi connectivity index (χ1) is 16.4. The third-order valence-electron chi connectivity index (χ3n) is 6.61. The van der Waals surface area contributed by atoms with Crippen LogP contribution in [-0.2, 0) is 13.0 Å². The molecule has 0 bridgehead atoms. The van der Waals surface area contributed by atoms with Gasteiger partial charge in [0.1, 0.15) is 11.6 Å². The van der Waals surface area contributed by atoms with E-state index in [-0.39, 0.29) is 11.6 Å². The van der Waals surface area contributed by atoms with Crippen LogP contribution in [0.15, 0.2) is 54.6 Å². The van der Waals surface area contributed by atoms with Crippen LogP contribution in [0.25, 0.3) is 21.8 Å². The predicted octanol–water partition coefficient (Wildman–Crippen LogP) is 5.45. The number of amides is 1. The maximum atomic E-state index is 13.9. The second kappa shape index (κ2) is 10.3. The second-order valence-corrected chi connectivity index (χ2v) is 8.77. The Morgan fingerprint density at radius 2 is 1.82 bits per heavy atom. The van der Waals surface area contributed by atoms with Gasteiger partial charge in [0.05, 0.1) is 11.0 Å². The summed E-state index contributed by atoms with van der Waals surface area (Å²) in [6.07, 6.45) is 2.81. The maximum Gasteiger partial charge on any atom is 0.249 e. The molecule has 34 heavy (non-hydrogen) atoms. The van der Waals surface area contributed by atoms with Crippen molar-refractivity contribution in [2.24, 2.45) is 5.73 Å². The van der Waals surface area contributed by atoms with Crippen molar-refractivity contribution in [3.63, 3.8) is 0 Å². The van der Waals surface area contributed by atoms with Crippen molar-refractivity contribution in [1.82, 2.24) is 9.47 Å². The number of carbonyl (C=O) groups excluding carboxylic acids is 1. The van der Waals surface area contributed by atoms with E-state index < -0.39 is 5.91 Å². The fraction of sp³-hybridized carbons (Fsp3) is 0.321. The van der Waals surface area contributed by atoms with E-state index >= 15 is 0 Å². The van der Waals surface area contributed by atoms with Crippen molar-refractivity contribution >= 4 is 27.7 Å². The van der Waals surface area contributed by atoms with Crippen LogP contribution in [-0.4, -0.2) is 40.1 Å². The minimum absolute atomic E-state index is 0.162. The van der Waals surface area contributed by atoms with Crippen molar-refractivity contribution in [2.45, 2.75) is 39.7 Å². The molecule has 4 aromatic rings. The van der Waals surface area contributed by atoms with Gasteiger partial charge in [0.2, 0.25) is 5.91 Å². The smallest absolute Gasteiger partial charge is 0.249 e. The molecule has 1 aromatic heterocycles. The molecule has 0 saturated heterocycles. The molecule has 0 fully saturated rings. The van der Waals surface area contributed by atoms with E-state index in [1.54, 1.807) is 18.2 Å². The van der Waals surface area contributed by atoms with Gasteiger partial charge in [-0.25, -0.2) is 4.39 Å². The average molecular weight is 462 g/mol. The van der Waals surface area contributed by atoms with Gasteiger partial charge in [-0.15, -0.1) is 0 Å². The van der Waals surface area contributed by atoms with Crippen LogP contribution in [0, 0.1) is 5.82 Å². The summed E-state index contributed by atoms with van der Waals surface area (Å²) in [6, 6.07) is 15.5. The summed E-state index contributed by atoms with van der Waals surface area (Å²) in [7, 11) is 0. The predicted molar refractivity (Wildman–Crippen MR) is 136 cm³/mol. The van der Waals surface area contributed by atoms with E-state index in [1.165, 1.54) is 12.1 Å². The molecule has 0 unspecified atom stereocenters. The molecule has 0 radical (unpaired) electrons. The molecule has 0 atom stereocenters. The molecule has 3 aromatic carbocycles. The number of halogens is 1. The molecule has 6 heteroatoms. The van der Waals surface area contributed by atoms with Gasteiger partial charge in [0.25, 0.3) is 0 Å². The SMILES string of the molecule is CCN(CC)CCCCc1cc(O)cc2c3c(C(N)=O)cccc3n(Cc3cccc(F)c3)c12. The quantitative estimate of drug-likeness (QED) is 0.309. The van der Waals surface area contributed by atoms with Crippen LogP contribution in [0.1, 0.15) is 48.2 Å². The largest absolute Gasteiger partial charge is 0.508 e. The molecule has 3 N–H and O–H groups in total. The van der Waals surface area contributed by atoms with Crippen molar-refractivity contribution < 1.29 is 14.3 Å². The van der Waals surface area contributed by atoms with Gasteiger partial charge in [-0.3, -0.25) is 4.79 Å². The fourth-order valence-electron chi connectivity index (χ4n) is 4.92. The third-order valence-corrected chi connectivity index (χ3v) is 6.61. The molecule has 1 heterocycles. The Morgan fingerprint density at radius 1 is 1.06 bits per heavy atom. The van der Waals surface area contributed by atoms with Crippen LogP contribution in [0.5, 0.6) is 5.75 Å². The van der Waals surface area contributed by atoms with E-state index in [2.05, 4.69) is 23.3 Å². The minimum Gasteiger partial charge on any atom is -0.508 e. The van der Waals surface area contributed by atoms with Gasteiger partial charge in [-0.1, -0.05) is 32.0 Å². The van der Waals surface area contributed by atoms with Crippen LogP contribution in [0.2, 0.25) is 0 Å². The summed E-state index contributed by atoms with van der Waals surface area (Å²) >= 11 is 0. The normalized spacial score (nSPS) is 11.6. The van der Waals surface area contributed by atoms with Crippen LogP contribution in [0.4, 0.5) is 4.39 Å². The Labute approximate surface area is 199 Å². The molecule has 0 aliphatic heterocycles. The Morgan fingerprint density at radius 3 is 2.53 bits per heavy atom. The van der Waals surface area contributed by atoms with E-state index in [0.29, 0.717) is 12.1 Å². The number of rotatable bonds is 10. The number of primary amides is 1. The Balaban J connectivity index is 1.84. The summed E-state index contributed by atoms with van der Waals surface area (Å²) in [5.41, 5.74) is 9.76. The van der Waals surface area contributed by atoms with Gasteiger partial charge in [0.15, 0.2) is 0 Å². The third kappa shape index (κ3) is 4.77. The molecule has 0 saturated carbocycles. The number of phenolic OH excluding ortho intramolecular Hbond substituents is 1. The fourth-order valence-corrected chi connectivity index (χ4v) is 4.92.